The summed E-state index contributed by atoms with van der Waals surface area (Å²) in [5.41, 5.74) is 3.45. The first kappa shape index (κ1) is 8.80. The summed E-state index contributed by atoms with van der Waals surface area (Å²) in [6, 6.07) is 6.28. The molecular formula is C12H9BrN2. The van der Waals surface area contributed by atoms with Crippen molar-refractivity contribution in [3.8, 4) is 0 Å². The number of rotatable bonds is 0. The molecule has 3 rings (SSSR count). The van der Waals surface area contributed by atoms with Gasteiger partial charge >= 0.3 is 0 Å². The molecule has 0 saturated carbocycles. The molecule has 2 nitrogen and oxygen atoms in total. The topological polar surface area (TPSA) is 27.8 Å². The van der Waals surface area contributed by atoms with Gasteiger partial charge in [-0.3, -0.25) is 0 Å². The zero-order valence-corrected chi connectivity index (χ0v) is 9.51. The lowest BCUT2D eigenvalue weighted by atomic mass is 10.1. The van der Waals surface area contributed by atoms with Crippen molar-refractivity contribution in [2.24, 2.45) is 0 Å². The lowest BCUT2D eigenvalue weighted by molar-refractivity contribution is 1.46. The third-order valence-electron chi connectivity index (χ3n) is 2.54. The lowest BCUT2D eigenvalue weighted by Crippen LogP contribution is -1.91. The predicted octanol–water partition coefficient (Wildman–Crippen LogP) is 3.84. The van der Waals surface area contributed by atoms with Gasteiger partial charge in [0, 0.05) is 33.5 Å². The van der Waals surface area contributed by atoms with Gasteiger partial charge in [-0.25, -0.2) is 0 Å². The van der Waals surface area contributed by atoms with Crippen LogP contribution in [0.1, 0.15) is 5.56 Å². The second-order valence-corrected chi connectivity index (χ2v) is 4.30. The zero-order valence-electron chi connectivity index (χ0n) is 7.92. The van der Waals surface area contributed by atoms with E-state index in [-0.39, 0.29) is 0 Å². The third-order valence-corrected chi connectivity index (χ3v) is 3.21. The van der Waals surface area contributed by atoms with Crippen LogP contribution in [-0.2, 0) is 0 Å². The van der Waals surface area contributed by atoms with Crippen molar-refractivity contribution >= 4 is 37.0 Å². The molecule has 1 aliphatic rings. The smallest absolute Gasteiger partial charge is 0.0560 e. The van der Waals surface area contributed by atoms with Crippen LogP contribution >= 0.6 is 15.9 Å². The minimum Gasteiger partial charge on any atom is -0.361 e. The Morgan fingerprint density at radius 3 is 3.00 bits per heavy atom. The molecule has 1 aromatic heterocycles. The molecule has 0 unspecified atom stereocenters. The van der Waals surface area contributed by atoms with Gasteiger partial charge in [0.05, 0.1) is 5.52 Å². The van der Waals surface area contributed by atoms with Crippen molar-refractivity contribution in [1.82, 2.24) is 4.98 Å². The van der Waals surface area contributed by atoms with Crippen molar-refractivity contribution in [2.75, 3.05) is 5.32 Å². The van der Waals surface area contributed by atoms with E-state index in [4.69, 9.17) is 0 Å². The second kappa shape index (κ2) is 3.28. The molecule has 0 amide bonds. The van der Waals surface area contributed by atoms with Gasteiger partial charge < -0.3 is 10.3 Å². The van der Waals surface area contributed by atoms with Gasteiger partial charge in [0.2, 0.25) is 0 Å². The Balaban J connectivity index is 2.41. The molecule has 0 bridgehead atoms. The maximum absolute atomic E-state index is 3.59. The number of anilines is 1. The highest BCUT2D eigenvalue weighted by Gasteiger charge is 2.11. The molecule has 0 radical (unpaired) electrons. The zero-order chi connectivity index (χ0) is 10.3. The Kier molecular flexibility index (Phi) is 1.92. The summed E-state index contributed by atoms with van der Waals surface area (Å²) in [4.78, 5) is 3.27. The number of aromatic amines is 1. The Hall–Kier alpha value is -1.48. The van der Waals surface area contributed by atoms with Crippen LogP contribution in [0.5, 0.6) is 0 Å². The van der Waals surface area contributed by atoms with Crippen LogP contribution in [0, 0.1) is 0 Å². The van der Waals surface area contributed by atoms with Gasteiger partial charge in [0.1, 0.15) is 0 Å². The fraction of sp³-hybridized carbons (Fsp3) is 0. The normalized spacial score (nSPS) is 14.3. The monoisotopic (exact) mass is 260 g/mol. The number of H-pyrrole nitrogens is 1. The summed E-state index contributed by atoms with van der Waals surface area (Å²) in [5, 5.41) is 4.48. The van der Waals surface area contributed by atoms with Crippen molar-refractivity contribution in [2.45, 2.75) is 0 Å². The highest BCUT2D eigenvalue weighted by atomic mass is 79.9. The van der Waals surface area contributed by atoms with E-state index in [1.165, 1.54) is 10.9 Å². The average molecular weight is 261 g/mol. The SMILES string of the molecule is BrC1=CC=CNc2ccc3cc[nH]c3c21. The summed E-state index contributed by atoms with van der Waals surface area (Å²) in [7, 11) is 0. The van der Waals surface area contributed by atoms with Crippen molar-refractivity contribution in [1.29, 1.82) is 0 Å². The number of hydrogen-bond acceptors (Lipinski definition) is 1. The Bertz CT molecular complexity index is 578. The van der Waals surface area contributed by atoms with E-state index < -0.39 is 0 Å². The van der Waals surface area contributed by atoms with Gasteiger partial charge in [0.25, 0.3) is 0 Å². The van der Waals surface area contributed by atoms with E-state index in [0.717, 1.165) is 15.7 Å². The average Bonchev–Trinajstić information content (AvgIpc) is 2.63. The third kappa shape index (κ3) is 1.31. The minimum atomic E-state index is 1.09. The highest BCUT2D eigenvalue weighted by molar-refractivity contribution is 9.15. The van der Waals surface area contributed by atoms with E-state index in [0.29, 0.717) is 0 Å². The molecule has 0 saturated heterocycles. The molecule has 3 heteroatoms. The number of benzene rings is 1. The van der Waals surface area contributed by atoms with E-state index in [1.54, 1.807) is 0 Å². The number of aromatic nitrogens is 1. The van der Waals surface area contributed by atoms with Gasteiger partial charge in [-0.1, -0.05) is 22.0 Å². The number of nitrogens with one attached hydrogen (secondary N) is 2. The molecule has 0 fully saturated rings. The van der Waals surface area contributed by atoms with Crippen LogP contribution in [0.4, 0.5) is 5.69 Å². The molecule has 2 N–H and O–H groups in total. The second-order valence-electron chi connectivity index (χ2n) is 3.45. The number of halogens is 1. The van der Waals surface area contributed by atoms with Crippen molar-refractivity contribution < 1.29 is 0 Å². The largest absolute Gasteiger partial charge is 0.361 e. The Labute approximate surface area is 95.8 Å². The van der Waals surface area contributed by atoms with Crippen LogP contribution in [0.25, 0.3) is 15.4 Å². The van der Waals surface area contributed by atoms with Gasteiger partial charge in [-0.05, 0) is 24.3 Å². The van der Waals surface area contributed by atoms with Crippen LogP contribution in [0.15, 0.2) is 42.7 Å². The van der Waals surface area contributed by atoms with Gasteiger partial charge in [-0.2, -0.15) is 0 Å². The first-order valence-corrected chi connectivity index (χ1v) is 5.55. The first-order valence-electron chi connectivity index (χ1n) is 4.75. The highest BCUT2D eigenvalue weighted by Crippen LogP contribution is 2.35. The number of fused-ring (bicyclic) bond motifs is 3. The van der Waals surface area contributed by atoms with Crippen LogP contribution < -0.4 is 5.32 Å². The molecule has 74 valence electrons. The molecule has 2 aromatic rings. The van der Waals surface area contributed by atoms with E-state index in [9.17, 15) is 0 Å². The van der Waals surface area contributed by atoms with Gasteiger partial charge in [0.15, 0.2) is 0 Å². The molecule has 0 atom stereocenters. The Morgan fingerprint density at radius 2 is 2.07 bits per heavy atom. The van der Waals surface area contributed by atoms with E-state index in [1.807, 2.05) is 24.5 Å². The van der Waals surface area contributed by atoms with Crippen LogP contribution in [0.2, 0.25) is 0 Å². The van der Waals surface area contributed by atoms with Gasteiger partial charge in [-0.15, -0.1) is 0 Å². The summed E-state index contributed by atoms with van der Waals surface area (Å²) in [6.07, 6.45) is 7.92. The maximum atomic E-state index is 3.59. The predicted molar refractivity (Wildman–Crippen MR) is 68.0 cm³/mol. The first-order chi connectivity index (χ1) is 7.36. The molecule has 0 spiro atoms. The maximum Gasteiger partial charge on any atom is 0.0560 e. The molecular weight excluding hydrogens is 252 g/mol. The van der Waals surface area contributed by atoms with Crippen molar-refractivity contribution in [3.63, 3.8) is 0 Å². The summed E-state index contributed by atoms with van der Waals surface area (Å²) >= 11 is 3.59. The standard InChI is InChI=1S/C12H9BrN2/c13-9-2-1-6-14-10-4-3-8-5-7-15-12(8)11(9)10/h1-7,14-15H. The molecule has 1 aromatic carbocycles. The Morgan fingerprint density at radius 1 is 1.13 bits per heavy atom. The molecule has 1 aliphatic heterocycles. The van der Waals surface area contributed by atoms with Crippen molar-refractivity contribution in [3.05, 3.63) is 48.3 Å². The fourth-order valence-corrected chi connectivity index (χ4v) is 2.41. The summed E-state index contributed by atoms with van der Waals surface area (Å²) in [5.74, 6) is 0. The number of hydrogen-bond donors (Lipinski definition) is 2. The lowest BCUT2D eigenvalue weighted by Gasteiger charge is -2.08. The summed E-state index contributed by atoms with van der Waals surface area (Å²) < 4.78 is 1.09. The van der Waals surface area contributed by atoms with Crippen LogP contribution in [0.3, 0.4) is 0 Å². The van der Waals surface area contributed by atoms with E-state index in [2.05, 4.69) is 44.4 Å². The number of allylic oxidation sites excluding steroid dienone is 2. The quantitative estimate of drug-likeness (QED) is 0.740. The van der Waals surface area contributed by atoms with Crippen LogP contribution in [-0.4, -0.2) is 4.98 Å². The molecule has 2 heterocycles. The summed E-state index contributed by atoms with van der Waals surface area (Å²) in [6.45, 7) is 0. The van der Waals surface area contributed by atoms with E-state index >= 15 is 0 Å². The molecule has 0 aliphatic carbocycles. The fourth-order valence-electron chi connectivity index (χ4n) is 1.85. The molecule has 15 heavy (non-hydrogen) atoms. The minimum absolute atomic E-state index is 1.09.